The van der Waals surface area contributed by atoms with E-state index in [2.05, 4.69) is 10.3 Å². The number of carboxylic acids is 1. The van der Waals surface area contributed by atoms with Gasteiger partial charge in [-0.15, -0.1) is 0 Å². The van der Waals surface area contributed by atoms with Crippen molar-refractivity contribution in [1.29, 1.82) is 0 Å². The van der Waals surface area contributed by atoms with Gasteiger partial charge in [0.05, 0.1) is 6.20 Å². The first-order valence-electron chi connectivity index (χ1n) is 7.03. The third-order valence-corrected chi connectivity index (χ3v) is 3.49. The summed E-state index contributed by atoms with van der Waals surface area (Å²) in [6.45, 7) is 2.86. The van der Waals surface area contributed by atoms with Gasteiger partial charge in [0.15, 0.2) is 11.7 Å². The molecule has 2 rings (SSSR count). The number of carbonyl (C=O) groups is 2. The molecule has 0 radical (unpaired) electrons. The van der Waals surface area contributed by atoms with Crippen LogP contribution >= 0.6 is 11.6 Å². The van der Waals surface area contributed by atoms with Crippen LogP contribution in [0.5, 0.6) is 0 Å². The van der Waals surface area contributed by atoms with E-state index in [9.17, 15) is 9.59 Å². The molecule has 2 aromatic rings. The van der Waals surface area contributed by atoms with Gasteiger partial charge >= 0.3 is 5.97 Å². The summed E-state index contributed by atoms with van der Waals surface area (Å²) in [5.74, 6) is -0.461. The van der Waals surface area contributed by atoms with Gasteiger partial charge < -0.3 is 14.8 Å². The first-order valence-corrected chi connectivity index (χ1v) is 7.41. The van der Waals surface area contributed by atoms with Crippen LogP contribution in [0.4, 0.5) is 0 Å². The number of oxazole rings is 1. The van der Waals surface area contributed by atoms with E-state index in [4.69, 9.17) is 21.1 Å². The normalized spacial score (nSPS) is 11.3. The number of aromatic nitrogens is 1. The number of nitrogens with one attached hydrogen (secondary N) is 1. The standard InChI is InChI=1S/C16H17ClN2O4/c1-16(2,15(21)22)19-13(20)7-8-14-18-9-12(23-14)10-3-5-11(17)6-4-10/h3-6,9H,7-8H2,1-2H3,(H,19,20)(H,21,22). The Kier molecular flexibility index (Phi) is 5.05. The van der Waals surface area contributed by atoms with E-state index < -0.39 is 11.5 Å². The fourth-order valence-electron chi connectivity index (χ4n) is 1.86. The van der Waals surface area contributed by atoms with Crippen LogP contribution in [0.25, 0.3) is 11.3 Å². The fourth-order valence-corrected chi connectivity index (χ4v) is 1.98. The number of benzene rings is 1. The molecule has 0 fully saturated rings. The number of aliphatic carboxylic acids is 1. The summed E-state index contributed by atoms with van der Waals surface area (Å²) in [6.07, 6.45) is 1.96. The average molecular weight is 337 g/mol. The smallest absolute Gasteiger partial charge is 0.328 e. The van der Waals surface area contributed by atoms with Crippen LogP contribution in [0.15, 0.2) is 34.9 Å². The maximum Gasteiger partial charge on any atom is 0.328 e. The number of carbonyl (C=O) groups excluding carboxylic acids is 1. The van der Waals surface area contributed by atoms with E-state index >= 15 is 0 Å². The highest BCUT2D eigenvalue weighted by Gasteiger charge is 2.28. The van der Waals surface area contributed by atoms with Crippen LogP contribution in [0, 0.1) is 0 Å². The molecular weight excluding hydrogens is 320 g/mol. The molecule has 0 bridgehead atoms. The highest BCUT2D eigenvalue weighted by molar-refractivity contribution is 6.30. The summed E-state index contributed by atoms with van der Waals surface area (Å²) in [7, 11) is 0. The van der Waals surface area contributed by atoms with E-state index in [1.54, 1.807) is 18.3 Å². The monoisotopic (exact) mass is 336 g/mol. The maximum absolute atomic E-state index is 11.8. The quantitative estimate of drug-likeness (QED) is 0.846. The summed E-state index contributed by atoms with van der Waals surface area (Å²) >= 11 is 5.83. The third kappa shape index (κ3) is 4.56. The number of carboxylic acid groups (broad SMARTS) is 1. The minimum Gasteiger partial charge on any atom is -0.480 e. The zero-order valence-electron chi connectivity index (χ0n) is 12.8. The van der Waals surface area contributed by atoms with Crippen LogP contribution < -0.4 is 5.32 Å². The van der Waals surface area contributed by atoms with Crippen molar-refractivity contribution in [3.63, 3.8) is 0 Å². The summed E-state index contributed by atoms with van der Waals surface area (Å²) in [6, 6.07) is 7.13. The highest BCUT2D eigenvalue weighted by atomic mass is 35.5. The number of halogens is 1. The van der Waals surface area contributed by atoms with E-state index in [1.807, 2.05) is 12.1 Å². The molecule has 0 unspecified atom stereocenters. The maximum atomic E-state index is 11.8. The molecule has 1 aromatic heterocycles. The summed E-state index contributed by atoms with van der Waals surface area (Å²) in [5, 5.41) is 12.0. The van der Waals surface area contributed by atoms with Gasteiger partial charge in [-0.3, -0.25) is 4.79 Å². The Morgan fingerprint density at radius 3 is 2.57 bits per heavy atom. The molecule has 2 N–H and O–H groups in total. The molecule has 23 heavy (non-hydrogen) atoms. The first kappa shape index (κ1) is 17.0. The largest absolute Gasteiger partial charge is 0.480 e. The predicted molar refractivity (Wildman–Crippen MR) is 85.1 cm³/mol. The molecule has 122 valence electrons. The fraction of sp³-hybridized carbons (Fsp3) is 0.312. The van der Waals surface area contributed by atoms with Crippen LogP contribution in [-0.2, 0) is 16.0 Å². The highest BCUT2D eigenvalue weighted by Crippen LogP contribution is 2.22. The van der Waals surface area contributed by atoms with Crippen molar-refractivity contribution < 1.29 is 19.1 Å². The topological polar surface area (TPSA) is 92.4 Å². The molecule has 0 aliphatic rings. The lowest BCUT2D eigenvalue weighted by atomic mass is 10.1. The van der Waals surface area contributed by atoms with Gasteiger partial charge in [0.1, 0.15) is 5.54 Å². The van der Waals surface area contributed by atoms with Crippen LogP contribution in [0.2, 0.25) is 5.02 Å². The van der Waals surface area contributed by atoms with Crippen molar-refractivity contribution >= 4 is 23.5 Å². The predicted octanol–water partition coefficient (Wildman–Crippen LogP) is 2.91. The van der Waals surface area contributed by atoms with Gasteiger partial charge in [-0.2, -0.15) is 0 Å². The first-order chi connectivity index (χ1) is 10.8. The van der Waals surface area contributed by atoms with Crippen molar-refractivity contribution in [2.45, 2.75) is 32.2 Å². The second kappa shape index (κ2) is 6.83. The van der Waals surface area contributed by atoms with Gasteiger partial charge in [0.2, 0.25) is 5.91 Å². The lowest BCUT2D eigenvalue weighted by molar-refractivity contribution is -0.146. The van der Waals surface area contributed by atoms with Gasteiger partial charge in [-0.25, -0.2) is 9.78 Å². The van der Waals surface area contributed by atoms with E-state index in [1.165, 1.54) is 13.8 Å². The molecule has 0 aliphatic heterocycles. The average Bonchev–Trinajstić information content (AvgIpc) is 2.94. The van der Waals surface area contributed by atoms with Crippen molar-refractivity contribution in [3.05, 3.63) is 41.4 Å². The minimum absolute atomic E-state index is 0.0945. The summed E-state index contributed by atoms with van der Waals surface area (Å²) < 4.78 is 5.59. The minimum atomic E-state index is -1.30. The second-order valence-electron chi connectivity index (χ2n) is 5.60. The van der Waals surface area contributed by atoms with Crippen LogP contribution in [0.1, 0.15) is 26.2 Å². The molecule has 0 saturated carbocycles. The summed E-state index contributed by atoms with van der Waals surface area (Å²) in [4.78, 5) is 26.9. The molecule has 0 atom stereocenters. The number of hydrogen-bond donors (Lipinski definition) is 2. The third-order valence-electron chi connectivity index (χ3n) is 3.23. The molecule has 1 heterocycles. The Morgan fingerprint density at radius 2 is 1.96 bits per heavy atom. The van der Waals surface area contributed by atoms with Crippen LogP contribution in [-0.4, -0.2) is 27.5 Å². The van der Waals surface area contributed by atoms with Gasteiger partial charge in [-0.05, 0) is 38.1 Å². The molecule has 0 spiro atoms. The SMILES string of the molecule is CC(C)(NC(=O)CCc1ncc(-c2ccc(Cl)cc2)o1)C(=O)O. The van der Waals surface area contributed by atoms with E-state index in [0.717, 1.165) is 5.56 Å². The Balaban J connectivity index is 1.93. The van der Waals surface area contributed by atoms with Crippen molar-refractivity contribution in [1.82, 2.24) is 10.3 Å². The zero-order valence-corrected chi connectivity index (χ0v) is 13.6. The molecule has 7 heteroatoms. The Labute approximate surface area is 138 Å². The molecular formula is C16H17ClN2O4. The lowest BCUT2D eigenvalue weighted by Gasteiger charge is -2.20. The van der Waals surface area contributed by atoms with Crippen molar-refractivity contribution in [3.8, 4) is 11.3 Å². The molecule has 1 amide bonds. The molecule has 0 aliphatic carbocycles. The Morgan fingerprint density at radius 1 is 1.30 bits per heavy atom. The summed E-state index contributed by atoms with van der Waals surface area (Å²) in [5.41, 5.74) is -0.466. The van der Waals surface area contributed by atoms with E-state index in [0.29, 0.717) is 16.7 Å². The number of amides is 1. The molecule has 0 saturated heterocycles. The Bertz CT molecular complexity index is 707. The van der Waals surface area contributed by atoms with E-state index in [-0.39, 0.29) is 18.7 Å². The number of rotatable bonds is 6. The van der Waals surface area contributed by atoms with Gasteiger partial charge in [0, 0.05) is 23.4 Å². The second-order valence-corrected chi connectivity index (χ2v) is 6.04. The number of nitrogens with zero attached hydrogens (tertiary/aromatic N) is 1. The zero-order chi connectivity index (χ0) is 17.0. The van der Waals surface area contributed by atoms with Crippen LogP contribution in [0.3, 0.4) is 0 Å². The Hall–Kier alpha value is -2.34. The number of aryl methyl sites for hydroxylation is 1. The van der Waals surface area contributed by atoms with Crippen molar-refractivity contribution in [2.24, 2.45) is 0 Å². The molecule has 6 nitrogen and oxygen atoms in total. The van der Waals surface area contributed by atoms with Gasteiger partial charge in [-0.1, -0.05) is 11.6 Å². The molecule has 1 aromatic carbocycles. The van der Waals surface area contributed by atoms with Gasteiger partial charge in [0.25, 0.3) is 0 Å². The number of hydrogen-bond acceptors (Lipinski definition) is 4. The lowest BCUT2D eigenvalue weighted by Crippen LogP contribution is -2.49. The van der Waals surface area contributed by atoms with Crippen molar-refractivity contribution in [2.75, 3.05) is 0 Å².